The largest absolute Gasteiger partial charge is 0.495 e. The molecule has 0 unspecified atom stereocenters. The summed E-state index contributed by atoms with van der Waals surface area (Å²) < 4.78 is 28.6. The van der Waals surface area contributed by atoms with Crippen molar-refractivity contribution in [2.24, 2.45) is 5.92 Å². The number of carbonyl (C=O) groups is 3. The van der Waals surface area contributed by atoms with E-state index in [-0.39, 0.29) is 30.2 Å². The topological polar surface area (TPSA) is 136 Å². The van der Waals surface area contributed by atoms with E-state index in [1.807, 2.05) is 32.1 Å². The molecule has 2 N–H and O–H groups in total. The monoisotopic (exact) mass is 620 g/mol. The molecule has 236 valence electrons. The Morgan fingerprint density at radius 2 is 2.00 bits per heavy atom. The molecule has 0 aromatic heterocycles. The number of ether oxygens (including phenoxy) is 5. The van der Waals surface area contributed by atoms with Gasteiger partial charge in [-0.05, 0) is 38.0 Å². The molecule has 2 saturated heterocycles. The molecule has 0 spiro atoms. The van der Waals surface area contributed by atoms with Crippen molar-refractivity contribution in [1.82, 2.24) is 5.32 Å². The standard InChI is InChI=1S/C31H41ClN2O9/c1-8-26(36)42-24-15-25(35)34(5)20-13-19(14-21(39-6)27(20)32)12-17(2)10-9-11-23(40-7)31(38)16-22(41-29(37)33-31)18(3)28-30(24,4)43-28/h9-11,13-14,18,22-24,28,38H,8,12,15-16H2,1-7H3,(H,33,37)/b11-9-,17-10-/t18-,22+,23-,24+,28+,30+,31+/m1/s1. The SMILES string of the molecule is CCC(=O)O[C@H]1CC(=O)N(C)c2cc(cc(OC)c2Cl)C/C(C)=C\C=C/[C@@H](OC)[C@@]2(O)C[C@H](OC(=O)N2)[C@@H](C)[C@@H]2O[C@@]12C. The number of allylic oxidation sites excluding steroid dienone is 3. The molecule has 3 aliphatic rings. The average Bonchev–Trinajstić information content (AvgIpc) is 3.66. The van der Waals surface area contributed by atoms with Crippen LogP contribution >= 0.6 is 11.6 Å². The lowest BCUT2D eigenvalue weighted by Crippen LogP contribution is -2.63. The van der Waals surface area contributed by atoms with E-state index < -0.39 is 53.7 Å². The molecule has 11 nitrogen and oxygen atoms in total. The van der Waals surface area contributed by atoms with E-state index in [0.717, 1.165) is 11.1 Å². The van der Waals surface area contributed by atoms with Crippen molar-refractivity contribution >= 4 is 35.3 Å². The Hall–Kier alpha value is -3.12. The van der Waals surface area contributed by atoms with Gasteiger partial charge in [-0.25, -0.2) is 4.79 Å². The number of hydrogen-bond donors (Lipinski definition) is 2. The Labute approximate surface area is 257 Å². The molecule has 2 fully saturated rings. The number of aliphatic hydroxyl groups is 1. The van der Waals surface area contributed by atoms with Gasteiger partial charge in [-0.2, -0.15) is 0 Å². The number of esters is 1. The van der Waals surface area contributed by atoms with Gasteiger partial charge < -0.3 is 33.7 Å². The summed E-state index contributed by atoms with van der Waals surface area (Å²) in [4.78, 5) is 40.2. The number of epoxide rings is 1. The summed E-state index contributed by atoms with van der Waals surface area (Å²) in [7, 11) is 4.56. The highest BCUT2D eigenvalue weighted by atomic mass is 35.5. The first kappa shape index (κ1) is 32.8. The number of rotatable bonds is 4. The number of methoxy groups -OCH3 is 2. The summed E-state index contributed by atoms with van der Waals surface area (Å²) >= 11 is 6.66. The fourth-order valence-electron chi connectivity index (χ4n) is 5.85. The van der Waals surface area contributed by atoms with Gasteiger partial charge in [-0.3, -0.25) is 14.9 Å². The van der Waals surface area contributed by atoms with Crippen molar-refractivity contribution < 1.29 is 43.2 Å². The van der Waals surface area contributed by atoms with Gasteiger partial charge in [0.25, 0.3) is 0 Å². The first-order valence-corrected chi connectivity index (χ1v) is 14.7. The van der Waals surface area contributed by atoms with Crippen molar-refractivity contribution in [2.75, 3.05) is 26.2 Å². The normalized spacial score (nSPS) is 35.0. The highest BCUT2D eigenvalue weighted by molar-refractivity contribution is 6.35. The lowest BCUT2D eigenvalue weighted by Gasteiger charge is -2.42. The van der Waals surface area contributed by atoms with E-state index >= 15 is 0 Å². The fraction of sp³-hybridized carbons (Fsp3) is 0.581. The molecule has 0 radical (unpaired) electrons. The second kappa shape index (κ2) is 12.9. The van der Waals surface area contributed by atoms with Crippen LogP contribution in [0.25, 0.3) is 0 Å². The number of hydrogen-bond acceptors (Lipinski definition) is 9. The van der Waals surface area contributed by atoms with Crippen LogP contribution in [0.1, 0.15) is 52.5 Å². The Morgan fingerprint density at radius 3 is 2.65 bits per heavy atom. The number of benzene rings is 1. The maximum atomic E-state index is 13.7. The van der Waals surface area contributed by atoms with Crippen LogP contribution in [0.4, 0.5) is 10.5 Å². The number of anilines is 1. The average molecular weight is 621 g/mol. The van der Waals surface area contributed by atoms with Gasteiger partial charge in [-0.15, -0.1) is 0 Å². The van der Waals surface area contributed by atoms with Crippen molar-refractivity contribution in [3.8, 4) is 5.75 Å². The van der Waals surface area contributed by atoms with E-state index in [9.17, 15) is 19.5 Å². The summed E-state index contributed by atoms with van der Waals surface area (Å²) in [6.45, 7) is 7.20. The molecule has 4 bridgehead atoms. The smallest absolute Gasteiger partial charge is 0.409 e. The molecule has 12 heteroatoms. The Morgan fingerprint density at radius 1 is 1.28 bits per heavy atom. The molecule has 1 aromatic carbocycles. The molecule has 0 saturated carbocycles. The minimum absolute atomic E-state index is 0.00655. The van der Waals surface area contributed by atoms with Crippen molar-refractivity contribution in [2.45, 2.75) is 89.1 Å². The highest BCUT2D eigenvalue weighted by Crippen LogP contribution is 2.49. The van der Waals surface area contributed by atoms with E-state index in [0.29, 0.717) is 17.9 Å². The molecule has 7 atom stereocenters. The number of alkyl carbamates (subject to hydrolysis) is 1. The van der Waals surface area contributed by atoms with Gasteiger partial charge >= 0.3 is 12.1 Å². The molecule has 1 aromatic rings. The lowest BCUT2D eigenvalue weighted by molar-refractivity contribution is -0.153. The third-order valence-corrected chi connectivity index (χ3v) is 8.89. The zero-order valence-corrected chi connectivity index (χ0v) is 26.4. The number of amides is 2. The molecule has 3 heterocycles. The molecule has 43 heavy (non-hydrogen) atoms. The quantitative estimate of drug-likeness (QED) is 0.377. The second-order valence-electron chi connectivity index (χ2n) is 11.6. The van der Waals surface area contributed by atoms with Crippen LogP contribution < -0.4 is 15.0 Å². The summed E-state index contributed by atoms with van der Waals surface area (Å²) in [5.74, 6) is -0.854. The molecule has 2 amide bonds. The highest BCUT2D eigenvalue weighted by Gasteiger charge is 2.64. The maximum Gasteiger partial charge on any atom is 0.409 e. The van der Waals surface area contributed by atoms with Crippen LogP contribution in [0, 0.1) is 5.92 Å². The number of nitrogens with zero attached hydrogens (tertiary/aromatic N) is 1. The summed E-state index contributed by atoms with van der Waals surface area (Å²) in [6, 6.07) is 3.63. The Bertz CT molecular complexity index is 1320. The molecular formula is C31H41ClN2O9. The number of halogens is 1. The third kappa shape index (κ3) is 6.85. The summed E-state index contributed by atoms with van der Waals surface area (Å²) in [6.07, 6.45) is 1.81. The zero-order chi connectivity index (χ0) is 31.7. The minimum atomic E-state index is -1.76. The maximum absolute atomic E-state index is 13.7. The van der Waals surface area contributed by atoms with Gasteiger partial charge in [0, 0.05) is 32.9 Å². The van der Waals surface area contributed by atoms with Gasteiger partial charge in [0.2, 0.25) is 5.91 Å². The predicted octanol–water partition coefficient (Wildman–Crippen LogP) is 4.08. The van der Waals surface area contributed by atoms with Crippen LogP contribution in [0.15, 0.2) is 35.9 Å². The number of nitrogens with one attached hydrogen (secondary N) is 1. The summed E-state index contributed by atoms with van der Waals surface area (Å²) in [5.41, 5.74) is -0.564. The van der Waals surface area contributed by atoms with E-state index in [1.54, 1.807) is 33.0 Å². The first-order valence-electron chi connectivity index (χ1n) is 14.3. The zero-order valence-electron chi connectivity index (χ0n) is 25.6. The molecule has 4 rings (SSSR count). The van der Waals surface area contributed by atoms with E-state index in [2.05, 4.69) is 5.32 Å². The fourth-order valence-corrected chi connectivity index (χ4v) is 6.16. The molecule has 0 aliphatic carbocycles. The van der Waals surface area contributed by atoms with Crippen LogP contribution in [-0.4, -0.2) is 80.1 Å². The lowest BCUT2D eigenvalue weighted by atomic mass is 9.83. The summed E-state index contributed by atoms with van der Waals surface area (Å²) in [5, 5.41) is 14.3. The molecular weight excluding hydrogens is 580 g/mol. The van der Waals surface area contributed by atoms with Crippen LogP contribution in [0.5, 0.6) is 5.75 Å². The minimum Gasteiger partial charge on any atom is -0.495 e. The third-order valence-electron chi connectivity index (χ3n) is 8.51. The van der Waals surface area contributed by atoms with Gasteiger partial charge in [-0.1, -0.05) is 49.2 Å². The number of fused-ring (bicyclic) bond motifs is 5. The van der Waals surface area contributed by atoms with Crippen molar-refractivity contribution in [3.05, 3.63) is 46.5 Å². The van der Waals surface area contributed by atoms with Gasteiger partial charge in [0.1, 0.15) is 34.7 Å². The van der Waals surface area contributed by atoms with Gasteiger partial charge in [0.15, 0.2) is 5.72 Å². The van der Waals surface area contributed by atoms with Crippen LogP contribution in [0.3, 0.4) is 0 Å². The van der Waals surface area contributed by atoms with Crippen molar-refractivity contribution in [3.63, 3.8) is 0 Å². The predicted molar refractivity (Wildman–Crippen MR) is 159 cm³/mol. The van der Waals surface area contributed by atoms with E-state index in [4.69, 9.17) is 35.3 Å². The van der Waals surface area contributed by atoms with E-state index in [1.165, 1.54) is 19.1 Å². The first-order chi connectivity index (χ1) is 20.3. The Kier molecular flexibility index (Phi) is 9.80. The Balaban J connectivity index is 1.79. The van der Waals surface area contributed by atoms with Crippen LogP contribution in [-0.2, 0) is 35.0 Å². The van der Waals surface area contributed by atoms with Crippen LogP contribution in [0.2, 0.25) is 5.02 Å². The van der Waals surface area contributed by atoms with Crippen molar-refractivity contribution in [1.29, 1.82) is 0 Å². The number of carbonyl (C=O) groups excluding carboxylic acids is 3. The van der Waals surface area contributed by atoms with Gasteiger partial charge in [0.05, 0.1) is 25.3 Å². The molecule has 3 aliphatic heterocycles. The second-order valence-corrected chi connectivity index (χ2v) is 12.0.